The molecule has 1 unspecified atom stereocenters. The Hall–Kier alpha value is -0.870. The maximum absolute atomic E-state index is 10.5. The normalized spacial score (nSPS) is 11.5. The van der Waals surface area contributed by atoms with Gasteiger partial charge in [0.15, 0.2) is 0 Å². The second-order valence-corrected chi connectivity index (χ2v) is 3.13. The van der Waals surface area contributed by atoms with Gasteiger partial charge in [-0.05, 0) is 20.5 Å². The third-order valence-electron chi connectivity index (χ3n) is 1.64. The van der Waals surface area contributed by atoms with Crippen molar-refractivity contribution in [2.45, 2.75) is 25.8 Å². The molecule has 4 nitrogen and oxygen atoms in total. The Morgan fingerprint density at radius 1 is 1.64 bits per heavy atom. The summed E-state index contributed by atoms with van der Waals surface area (Å²) in [6.07, 6.45) is 3.29. The highest BCUT2D eigenvalue weighted by Gasteiger charge is 2.17. The molecule has 4 heteroatoms. The second-order valence-electron chi connectivity index (χ2n) is 3.13. The molecule has 3 N–H and O–H groups in total. The molecule has 0 rings (SSSR count). The van der Waals surface area contributed by atoms with Gasteiger partial charge in [0.2, 0.25) is 0 Å². The van der Waals surface area contributed by atoms with Crippen molar-refractivity contribution in [3.63, 3.8) is 0 Å². The molecule has 84 valence electrons. The zero-order valence-electron chi connectivity index (χ0n) is 9.36. The van der Waals surface area contributed by atoms with Crippen LogP contribution in [-0.2, 0) is 4.79 Å². The van der Waals surface area contributed by atoms with E-state index in [0.717, 1.165) is 12.8 Å². The molecule has 0 fully saturated rings. The predicted octanol–water partition coefficient (Wildman–Crippen LogP) is 0.932. The summed E-state index contributed by atoms with van der Waals surface area (Å²) < 4.78 is 0. The number of nitrogens with two attached hydrogens (primary N) is 1. The monoisotopic (exact) mass is 202 g/mol. The Morgan fingerprint density at radius 2 is 2.07 bits per heavy atom. The van der Waals surface area contributed by atoms with E-state index in [0.29, 0.717) is 6.54 Å². The van der Waals surface area contributed by atoms with Gasteiger partial charge in [0.05, 0.1) is 0 Å². The van der Waals surface area contributed by atoms with E-state index in [1.54, 1.807) is 25.1 Å². The van der Waals surface area contributed by atoms with Gasteiger partial charge in [-0.2, -0.15) is 0 Å². The first kappa shape index (κ1) is 15.6. The van der Waals surface area contributed by atoms with Crippen molar-refractivity contribution in [3.8, 4) is 0 Å². The average molecular weight is 202 g/mol. The minimum Gasteiger partial charge on any atom is -0.480 e. The highest BCUT2D eigenvalue weighted by molar-refractivity contribution is 5.73. The van der Waals surface area contributed by atoms with Crippen LogP contribution in [0.5, 0.6) is 0 Å². The van der Waals surface area contributed by atoms with Gasteiger partial charge in [0.25, 0.3) is 0 Å². The van der Waals surface area contributed by atoms with E-state index in [1.165, 1.54) is 0 Å². The molecule has 0 bridgehead atoms. The fraction of sp³-hybridized carbons (Fsp3) is 0.700. The van der Waals surface area contributed by atoms with E-state index in [2.05, 4.69) is 6.58 Å². The second kappa shape index (κ2) is 10.2. The Labute approximate surface area is 86.4 Å². The third-order valence-corrected chi connectivity index (χ3v) is 1.64. The summed E-state index contributed by atoms with van der Waals surface area (Å²) >= 11 is 0. The number of carboxylic acids is 1. The summed E-state index contributed by atoms with van der Waals surface area (Å²) in [5.74, 6) is -0.730. The summed E-state index contributed by atoms with van der Waals surface area (Å²) in [6, 6.07) is -0.315. The van der Waals surface area contributed by atoms with Crippen molar-refractivity contribution in [3.05, 3.63) is 12.7 Å². The van der Waals surface area contributed by atoms with Gasteiger partial charge >= 0.3 is 5.97 Å². The molecule has 0 aliphatic rings. The van der Waals surface area contributed by atoms with E-state index in [1.807, 2.05) is 6.92 Å². The molecule has 0 aromatic rings. The molecule has 14 heavy (non-hydrogen) atoms. The Balaban J connectivity index is 0. The van der Waals surface area contributed by atoms with Crippen LogP contribution in [0.2, 0.25) is 0 Å². The molecule has 0 aliphatic heterocycles. The van der Waals surface area contributed by atoms with E-state index in [-0.39, 0.29) is 6.04 Å². The van der Waals surface area contributed by atoms with Crippen LogP contribution in [0.15, 0.2) is 12.7 Å². The molecule has 0 aromatic heterocycles. The lowest BCUT2D eigenvalue weighted by Gasteiger charge is -2.18. The molecule has 0 aromatic carbocycles. The van der Waals surface area contributed by atoms with Crippen molar-refractivity contribution in [1.29, 1.82) is 0 Å². The van der Waals surface area contributed by atoms with Crippen molar-refractivity contribution in [2.24, 2.45) is 5.73 Å². The maximum Gasteiger partial charge on any atom is 0.320 e. The van der Waals surface area contributed by atoms with Crippen molar-refractivity contribution in [1.82, 2.24) is 4.90 Å². The summed E-state index contributed by atoms with van der Waals surface area (Å²) in [5, 5.41) is 8.63. The smallest absolute Gasteiger partial charge is 0.320 e. The van der Waals surface area contributed by atoms with Gasteiger partial charge in [0.1, 0.15) is 6.04 Å². The van der Waals surface area contributed by atoms with Crippen LogP contribution in [0, 0.1) is 0 Å². The molecule has 0 saturated carbocycles. The van der Waals surface area contributed by atoms with Gasteiger partial charge < -0.3 is 10.8 Å². The Morgan fingerprint density at radius 3 is 2.14 bits per heavy atom. The van der Waals surface area contributed by atoms with Gasteiger partial charge in [-0.3, -0.25) is 9.69 Å². The summed E-state index contributed by atoms with van der Waals surface area (Å²) in [5.41, 5.74) is 4.91. The summed E-state index contributed by atoms with van der Waals surface area (Å²) in [7, 11) is 3.57. The van der Waals surface area contributed by atoms with Crippen LogP contribution in [0.4, 0.5) is 0 Å². The lowest BCUT2D eigenvalue weighted by atomic mass is 10.1. The van der Waals surface area contributed by atoms with E-state index < -0.39 is 5.97 Å². The quantitative estimate of drug-likeness (QED) is 0.651. The molecule has 0 amide bonds. The summed E-state index contributed by atoms with van der Waals surface area (Å²) in [6.45, 7) is 5.92. The molecule has 0 saturated heterocycles. The number of hydrogen-bond acceptors (Lipinski definition) is 3. The highest BCUT2D eigenvalue weighted by Crippen LogP contribution is 2.02. The lowest BCUT2D eigenvalue weighted by Crippen LogP contribution is -2.35. The zero-order chi connectivity index (χ0) is 11.6. The minimum atomic E-state index is -0.730. The van der Waals surface area contributed by atoms with E-state index >= 15 is 0 Å². The third kappa shape index (κ3) is 9.22. The lowest BCUT2D eigenvalue weighted by molar-refractivity contribution is -0.142. The first-order valence-corrected chi connectivity index (χ1v) is 4.71. The molecular weight excluding hydrogens is 180 g/mol. The number of rotatable bonds is 5. The van der Waals surface area contributed by atoms with Crippen LogP contribution in [0.25, 0.3) is 0 Å². The molecular formula is C10H22N2O2. The molecule has 0 spiro atoms. The van der Waals surface area contributed by atoms with Crippen LogP contribution >= 0.6 is 0 Å². The van der Waals surface area contributed by atoms with Crippen LogP contribution in [0.1, 0.15) is 19.8 Å². The first-order valence-electron chi connectivity index (χ1n) is 4.71. The van der Waals surface area contributed by atoms with E-state index in [9.17, 15) is 4.79 Å². The van der Waals surface area contributed by atoms with Crippen molar-refractivity contribution >= 4 is 5.97 Å². The standard InChI is InChI=1S/C7H15NO2.C3H7N/c1-4-5-6(7(9)10)8(2)3;1-2-3-4/h6H,4-5H2,1-3H3,(H,9,10);2H,1,3-4H2. The Kier molecular flexibility index (Phi) is 11.4. The molecule has 1 atom stereocenters. The average Bonchev–Trinajstić information content (AvgIpc) is 2.13. The fourth-order valence-corrected chi connectivity index (χ4v) is 0.876. The number of carbonyl (C=O) groups is 1. The predicted molar refractivity (Wildman–Crippen MR) is 59.3 cm³/mol. The van der Waals surface area contributed by atoms with Gasteiger partial charge in [-0.1, -0.05) is 19.4 Å². The number of hydrogen-bond donors (Lipinski definition) is 2. The minimum absolute atomic E-state index is 0.315. The Bertz CT molecular complexity index is 158. The SMILES string of the molecule is C=CCN.CCCC(C(=O)O)N(C)C. The number of aliphatic carboxylic acids is 1. The molecule has 0 heterocycles. The number of carboxylic acid groups (broad SMARTS) is 1. The first-order chi connectivity index (χ1) is 6.51. The molecule has 0 radical (unpaired) electrons. The van der Waals surface area contributed by atoms with Gasteiger partial charge in [0, 0.05) is 6.54 Å². The van der Waals surface area contributed by atoms with Crippen LogP contribution < -0.4 is 5.73 Å². The number of nitrogens with zero attached hydrogens (tertiary/aromatic N) is 1. The van der Waals surface area contributed by atoms with Gasteiger partial charge in [-0.15, -0.1) is 6.58 Å². The largest absolute Gasteiger partial charge is 0.480 e. The van der Waals surface area contributed by atoms with Gasteiger partial charge in [-0.25, -0.2) is 0 Å². The maximum atomic E-state index is 10.5. The fourth-order valence-electron chi connectivity index (χ4n) is 0.876. The van der Waals surface area contributed by atoms with Crippen LogP contribution in [-0.4, -0.2) is 42.7 Å². The topological polar surface area (TPSA) is 66.6 Å². The van der Waals surface area contributed by atoms with Crippen molar-refractivity contribution in [2.75, 3.05) is 20.6 Å². The number of likely N-dealkylation sites (N-methyl/N-ethyl adjacent to an activating group) is 1. The highest BCUT2D eigenvalue weighted by atomic mass is 16.4. The van der Waals surface area contributed by atoms with Crippen molar-refractivity contribution < 1.29 is 9.90 Å². The van der Waals surface area contributed by atoms with E-state index in [4.69, 9.17) is 10.8 Å². The molecule has 0 aliphatic carbocycles. The summed E-state index contributed by atoms with van der Waals surface area (Å²) in [4.78, 5) is 12.2. The zero-order valence-corrected chi connectivity index (χ0v) is 9.36. The van der Waals surface area contributed by atoms with Crippen LogP contribution in [0.3, 0.4) is 0 Å².